The first kappa shape index (κ1) is 38.0. The molecule has 1 aliphatic heterocycles. The number of amides is 3. The van der Waals surface area contributed by atoms with Crippen LogP contribution in [-0.2, 0) is 31.2 Å². The number of nitrogens with one attached hydrogen (secondary N) is 2. The maximum Gasteiger partial charge on any atom is 0.287 e. The third-order valence-corrected chi connectivity index (χ3v) is 10.6. The molecule has 1 saturated carbocycles. The Morgan fingerprint density at radius 3 is 2.37 bits per heavy atom. The van der Waals surface area contributed by atoms with E-state index < -0.39 is 52.3 Å². The lowest BCUT2D eigenvalue weighted by Crippen LogP contribution is -2.55. The molecule has 15 heteroatoms. The zero-order chi connectivity index (χ0) is 38.6. The standard InChI is InChI=1S/C39H46N8O7/c1-39(2,52)34-22-41-44-46(34)30-21-33(37(50)43-31(35(48)36(40)49)18-25-12-16-29(17-13-25)47(53)54)45(23-30)38(51)32(19-24-8-4-3-5-9-24)42-28-15-14-26-10-6-7-11-27(26)20-28/h6-7,10-17,20,22,24,30-33,42,52H,3-5,8-9,18-19,21,23H2,1-2H3,(H2,40,49)(H,43,50)/t30-,31?,32?,33-/m0/s1. The Morgan fingerprint density at radius 1 is 1.00 bits per heavy atom. The molecule has 0 radical (unpaired) electrons. The minimum Gasteiger partial charge on any atom is -0.384 e. The second kappa shape index (κ2) is 16.1. The highest BCUT2D eigenvalue weighted by Gasteiger charge is 2.45. The molecule has 0 spiro atoms. The fraction of sp³-hybridized carbons (Fsp3) is 0.436. The lowest BCUT2D eigenvalue weighted by Gasteiger charge is -2.32. The predicted octanol–water partition coefficient (Wildman–Crippen LogP) is 3.94. The highest BCUT2D eigenvalue weighted by molar-refractivity contribution is 6.38. The van der Waals surface area contributed by atoms with Gasteiger partial charge in [-0.25, -0.2) is 4.68 Å². The molecule has 2 unspecified atom stereocenters. The number of carbonyl (C=O) groups excluding carboxylic acids is 4. The Bertz CT molecular complexity index is 2020. The minimum absolute atomic E-state index is 0.0563. The fourth-order valence-corrected chi connectivity index (χ4v) is 7.73. The van der Waals surface area contributed by atoms with Gasteiger partial charge in [-0.1, -0.05) is 79.8 Å². The van der Waals surface area contributed by atoms with Gasteiger partial charge < -0.3 is 26.4 Å². The Kier molecular flexibility index (Phi) is 11.4. The number of nitrogens with two attached hydrogens (primary N) is 1. The van der Waals surface area contributed by atoms with E-state index in [1.54, 1.807) is 13.8 Å². The van der Waals surface area contributed by atoms with E-state index >= 15 is 0 Å². The molecule has 1 aromatic heterocycles. The average molecular weight is 739 g/mol. The number of Topliss-reactive ketones (excluding diaryl/α,β-unsaturated/α-hetero) is 1. The van der Waals surface area contributed by atoms with Crippen molar-refractivity contribution in [2.75, 3.05) is 11.9 Å². The number of likely N-dealkylation sites (tertiary alicyclic amines) is 1. The maximum absolute atomic E-state index is 14.9. The Balaban J connectivity index is 1.32. The van der Waals surface area contributed by atoms with Crippen molar-refractivity contribution in [2.24, 2.45) is 11.7 Å². The number of hydrogen-bond donors (Lipinski definition) is 4. The van der Waals surface area contributed by atoms with Crippen LogP contribution < -0.4 is 16.4 Å². The number of anilines is 1. The summed E-state index contributed by atoms with van der Waals surface area (Å²) in [5, 5.41) is 38.6. The Hall–Kier alpha value is -5.70. The summed E-state index contributed by atoms with van der Waals surface area (Å²) < 4.78 is 1.53. The molecule has 284 valence electrons. The van der Waals surface area contributed by atoms with Crippen molar-refractivity contribution in [3.8, 4) is 0 Å². The average Bonchev–Trinajstić information content (AvgIpc) is 3.83. The topological polar surface area (TPSA) is 216 Å². The van der Waals surface area contributed by atoms with Crippen molar-refractivity contribution in [3.05, 3.63) is 94.3 Å². The van der Waals surface area contributed by atoms with Gasteiger partial charge in [0.05, 0.1) is 22.9 Å². The fourth-order valence-electron chi connectivity index (χ4n) is 7.73. The molecular weight excluding hydrogens is 692 g/mol. The van der Waals surface area contributed by atoms with Gasteiger partial charge in [-0.2, -0.15) is 0 Å². The summed E-state index contributed by atoms with van der Waals surface area (Å²) in [5.74, 6) is -3.01. The van der Waals surface area contributed by atoms with Crippen LogP contribution in [0.2, 0.25) is 0 Å². The summed E-state index contributed by atoms with van der Waals surface area (Å²) >= 11 is 0. The van der Waals surface area contributed by atoms with Crippen LogP contribution in [0, 0.1) is 16.0 Å². The van der Waals surface area contributed by atoms with Crippen molar-refractivity contribution in [1.82, 2.24) is 25.2 Å². The first-order chi connectivity index (χ1) is 25.8. The summed E-state index contributed by atoms with van der Waals surface area (Å²) in [6.07, 6.45) is 7.17. The first-order valence-electron chi connectivity index (χ1n) is 18.3. The molecule has 2 aliphatic rings. The number of carbonyl (C=O) groups is 4. The van der Waals surface area contributed by atoms with Crippen LogP contribution in [0.4, 0.5) is 11.4 Å². The van der Waals surface area contributed by atoms with E-state index in [0.717, 1.165) is 48.6 Å². The Labute approximate surface area is 312 Å². The van der Waals surface area contributed by atoms with Gasteiger partial charge >= 0.3 is 0 Å². The van der Waals surface area contributed by atoms with E-state index in [1.165, 1.54) is 40.0 Å². The molecular formula is C39H46N8O7. The van der Waals surface area contributed by atoms with Crippen molar-refractivity contribution in [1.29, 1.82) is 0 Å². The quantitative estimate of drug-likeness (QED) is 0.0830. The van der Waals surface area contributed by atoms with Crippen molar-refractivity contribution >= 4 is 45.7 Å². The molecule has 0 bridgehead atoms. The van der Waals surface area contributed by atoms with E-state index in [2.05, 4.69) is 20.9 Å². The van der Waals surface area contributed by atoms with Crippen molar-refractivity contribution < 1.29 is 29.2 Å². The number of nitro groups is 1. The minimum atomic E-state index is -1.40. The van der Waals surface area contributed by atoms with Crippen LogP contribution >= 0.6 is 0 Å². The molecule has 3 amide bonds. The molecule has 15 nitrogen and oxygen atoms in total. The van der Waals surface area contributed by atoms with E-state index in [0.29, 0.717) is 23.6 Å². The molecule has 1 saturated heterocycles. The number of benzene rings is 3. The highest BCUT2D eigenvalue weighted by Crippen LogP contribution is 2.34. The van der Waals surface area contributed by atoms with Crippen LogP contribution in [0.3, 0.4) is 0 Å². The van der Waals surface area contributed by atoms with Gasteiger partial charge in [0.2, 0.25) is 17.6 Å². The van der Waals surface area contributed by atoms with E-state index in [1.807, 2.05) is 42.5 Å². The molecule has 2 heterocycles. The third kappa shape index (κ3) is 8.73. The van der Waals surface area contributed by atoms with Gasteiger partial charge in [0, 0.05) is 37.2 Å². The number of nitro benzene ring substituents is 1. The first-order valence-corrected chi connectivity index (χ1v) is 18.3. The van der Waals surface area contributed by atoms with Crippen LogP contribution in [0.5, 0.6) is 0 Å². The lowest BCUT2D eigenvalue weighted by atomic mass is 9.84. The predicted molar refractivity (Wildman–Crippen MR) is 200 cm³/mol. The Morgan fingerprint density at radius 2 is 1.70 bits per heavy atom. The van der Waals surface area contributed by atoms with Gasteiger partial charge in [0.1, 0.15) is 23.7 Å². The number of hydrogen-bond acceptors (Lipinski definition) is 10. The van der Waals surface area contributed by atoms with E-state index in [-0.39, 0.29) is 31.0 Å². The SMILES string of the molecule is CC(C)(O)c1cnnn1[C@H]1C[C@@H](C(=O)NC(Cc2ccc([N+](=O)[O-])cc2)C(=O)C(N)=O)N(C(=O)C(CC2CCCCC2)Nc2ccc3ccccc3c2)C1. The normalized spacial score (nSPS) is 18.9. The van der Waals surface area contributed by atoms with Gasteiger partial charge in [-0.3, -0.25) is 29.3 Å². The maximum atomic E-state index is 14.9. The van der Waals surface area contributed by atoms with Crippen LogP contribution in [0.25, 0.3) is 10.8 Å². The summed E-state index contributed by atoms with van der Waals surface area (Å²) in [4.78, 5) is 66.6. The molecule has 2 fully saturated rings. The largest absolute Gasteiger partial charge is 0.384 e. The number of rotatable bonds is 14. The number of aliphatic hydroxyl groups is 1. The number of non-ortho nitro benzene ring substituents is 1. The number of fused-ring (bicyclic) bond motifs is 1. The zero-order valence-corrected chi connectivity index (χ0v) is 30.4. The molecule has 3 aromatic carbocycles. The van der Waals surface area contributed by atoms with Crippen molar-refractivity contribution in [2.45, 2.75) is 95.0 Å². The summed E-state index contributed by atoms with van der Waals surface area (Å²) in [6, 6.07) is 15.5. The van der Waals surface area contributed by atoms with Gasteiger partial charge in [0.15, 0.2) is 0 Å². The number of nitrogens with zero attached hydrogens (tertiary/aromatic N) is 5. The lowest BCUT2D eigenvalue weighted by molar-refractivity contribution is -0.384. The second-order valence-electron chi connectivity index (χ2n) is 14.9. The van der Waals surface area contributed by atoms with Crippen LogP contribution in [0.15, 0.2) is 72.9 Å². The number of primary amides is 1. The van der Waals surface area contributed by atoms with E-state index in [9.17, 15) is 34.4 Å². The molecule has 4 aromatic rings. The number of aromatic nitrogens is 3. The summed E-state index contributed by atoms with van der Waals surface area (Å²) in [5.41, 5.74) is 5.51. The second-order valence-corrected chi connectivity index (χ2v) is 14.9. The van der Waals surface area contributed by atoms with Crippen LogP contribution in [0.1, 0.15) is 76.1 Å². The molecule has 1 aliphatic carbocycles. The smallest absolute Gasteiger partial charge is 0.287 e. The van der Waals surface area contributed by atoms with E-state index in [4.69, 9.17) is 5.73 Å². The van der Waals surface area contributed by atoms with Gasteiger partial charge in [-0.05, 0) is 54.7 Å². The summed E-state index contributed by atoms with van der Waals surface area (Å²) in [7, 11) is 0. The monoisotopic (exact) mass is 738 g/mol. The van der Waals surface area contributed by atoms with Gasteiger partial charge in [0.25, 0.3) is 11.6 Å². The third-order valence-electron chi connectivity index (χ3n) is 10.6. The van der Waals surface area contributed by atoms with Gasteiger partial charge in [-0.15, -0.1) is 5.10 Å². The van der Waals surface area contributed by atoms with Crippen LogP contribution in [-0.4, -0.2) is 78.1 Å². The van der Waals surface area contributed by atoms with Crippen molar-refractivity contribution in [3.63, 3.8) is 0 Å². The molecule has 54 heavy (non-hydrogen) atoms. The number of ketones is 1. The molecule has 4 atom stereocenters. The molecule has 5 N–H and O–H groups in total. The molecule has 6 rings (SSSR count). The highest BCUT2D eigenvalue weighted by atomic mass is 16.6. The summed E-state index contributed by atoms with van der Waals surface area (Å²) in [6.45, 7) is 3.24. The zero-order valence-electron chi connectivity index (χ0n) is 30.4.